The largest absolute Gasteiger partial charge is 0.498 e. The van der Waals surface area contributed by atoms with Crippen LogP contribution in [0.3, 0.4) is 0 Å². The molecule has 0 radical (unpaired) electrons. The van der Waals surface area contributed by atoms with Crippen molar-refractivity contribution in [1.29, 1.82) is 0 Å². The van der Waals surface area contributed by atoms with Crippen molar-refractivity contribution in [3.63, 3.8) is 0 Å². The first-order valence-corrected chi connectivity index (χ1v) is 5.33. The molecule has 0 spiro atoms. The zero-order valence-corrected chi connectivity index (χ0v) is 9.04. The normalized spacial score (nSPS) is 18.8. The highest BCUT2D eigenvalue weighted by Gasteiger charge is 2.36. The lowest BCUT2D eigenvalue weighted by molar-refractivity contribution is 0.179. The molecule has 1 aromatic rings. The molecule has 0 N–H and O–H groups in total. The summed E-state index contributed by atoms with van der Waals surface area (Å²) < 4.78 is 17.7. The minimum Gasteiger partial charge on any atom is -0.492 e. The van der Waals surface area contributed by atoms with E-state index in [0.29, 0.717) is 19.8 Å². The van der Waals surface area contributed by atoms with Crippen molar-refractivity contribution in [2.24, 2.45) is 0 Å². The molecule has 72 valence electrons. The first kappa shape index (κ1) is 8.77. The molecule has 2 heterocycles. The maximum Gasteiger partial charge on any atom is 0.498 e. The molecule has 0 unspecified atom stereocenters. The number of hydrogen-bond donors (Lipinski definition) is 0. The molecule has 0 aromatic heterocycles. The summed E-state index contributed by atoms with van der Waals surface area (Å²) in [7, 11) is -0.236. The maximum atomic E-state index is 5.57. The topological polar surface area (TPSA) is 27.7 Å². The van der Waals surface area contributed by atoms with Crippen molar-refractivity contribution in [1.82, 2.24) is 0 Å². The Labute approximate surface area is 90.6 Å². The van der Waals surface area contributed by atoms with Crippen molar-refractivity contribution < 1.29 is 14.0 Å². The van der Waals surface area contributed by atoms with E-state index < -0.39 is 0 Å². The molecule has 0 aliphatic carbocycles. The van der Waals surface area contributed by atoms with Crippen LogP contribution in [-0.4, -0.2) is 20.3 Å². The SMILES string of the molecule is Brc1ccc2c3c1COB3OCCO2. The minimum atomic E-state index is -0.236. The lowest BCUT2D eigenvalue weighted by atomic mass is 9.78. The molecule has 0 saturated carbocycles. The average molecular weight is 255 g/mol. The third-order valence-electron chi connectivity index (χ3n) is 2.48. The van der Waals surface area contributed by atoms with Crippen molar-refractivity contribution in [2.45, 2.75) is 6.61 Å². The Morgan fingerprint density at radius 1 is 1.21 bits per heavy atom. The van der Waals surface area contributed by atoms with E-state index in [9.17, 15) is 0 Å². The Balaban J connectivity index is 2.20. The number of ether oxygens (including phenoxy) is 1. The van der Waals surface area contributed by atoms with E-state index in [0.717, 1.165) is 21.2 Å². The molecule has 3 rings (SSSR count). The van der Waals surface area contributed by atoms with Crippen LogP contribution in [0.15, 0.2) is 16.6 Å². The predicted molar refractivity (Wildman–Crippen MR) is 55.8 cm³/mol. The highest BCUT2D eigenvalue weighted by molar-refractivity contribution is 9.10. The van der Waals surface area contributed by atoms with Gasteiger partial charge in [-0.1, -0.05) is 15.9 Å². The smallest absolute Gasteiger partial charge is 0.492 e. The fraction of sp³-hybridized carbons (Fsp3) is 0.333. The molecule has 0 saturated heterocycles. The Morgan fingerprint density at radius 3 is 3.07 bits per heavy atom. The molecule has 1 aromatic carbocycles. The van der Waals surface area contributed by atoms with Crippen LogP contribution in [0.5, 0.6) is 5.75 Å². The van der Waals surface area contributed by atoms with Crippen LogP contribution in [0, 0.1) is 0 Å². The van der Waals surface area contributed by atoms with Gasteiger partial charge in [-0.15, -0.1) is 0 Å². The summed E-state index contributed by atoms with van der Waals surface area (Å²) in [5.74, 6) is 0.892. The van der Waals surface area contributed by atoms with E-state index in [1.165, 1.54) is 0 Å². The van der Waals surface area contributed by atoms with Gasteiger partial charge in [0.1, 0.15) is 12.4 Å². The summed E-state index contributed by atoms with van der Waals surface area (Å²) in [5.41, 5.74) is 2.20. The van der Waals surface area contributed by atoms with Gasteiger partial charge in [0.2, 0.25) is 0 Å². The quantitative estimate of drug-likeness (QED) is 0.649. The monoisotopic (exact) mass is 254 g/mol. The minimum absolute atomic E-state index is 0.236. The van der Waals surface area contributed by atoms with Crippen molar-refractivity contribution in [3.8, 4) is 5.75 Å². The molecule has 0 amide bonds. The van der Waals surface area contributed by atoms with Crippen molar-refractivity contribution in [2.75, 3.05) is 13.2 Å². The number of hydrogen-bond acceptors (Lipinski definition) is 3. The molecular weight excluding hydrogens is 247 g/mol. The van der Waals surface area contributed by atoms with Crippen LogP contribution in [0.25, 0.3) is 0 Å². The second kappa shape index (κ2) is 3.26. The number of benzene rings is 1. The van der Waals surface area contributed by atoms with Crippen LogP contribution in [-0.2, 0) is 15.9 Å². The molecule has 5 heteroatoms. The Hall–Kier alpha value is -0.515. The van der Waals surface area contributed by atoms with E-state index in [4.69, 9.17) is 14.0 Å². The van der Waals surface area contributed by atoms with Crippen LogP contribution in [0.4, 0.5) is 0 Å². The van der Waals surface area contributed by atoms with Crippen LogP contribution in [0.2, 0.25) is 0 Å². The summed E-state index contributed by atoms with van der Waals surface area (Å²) in [6, 6.07) is 3.95. The fourth-order valence-corrected chi connectivity index (χ4v) is 2.29. The van der Waals surface area contributed by atoms with Gasteiger partial charge in [0.25, 0.3) is 0 Å². The van der Waals surface area contributed by atoms with Gasteiger partial charge in [0, 0.05) is 9.94 Å². The first-order chi connectivity index (χ1) is 6.86. The van der Waals surface area contributed by atoms with Gasteiger partial charge in [0.15, 0.2) is 0 Å². The van der Waals surface area contributed by atoms with E-state index in [1.54, 1.807) is 0 Å². The summed E-state index contributed by atoms with van der Waals surface area (Å²) >= 11 is 3.50. The molecule has 0 bridgehead atoms. The van der Waals surface area contributed by atoms with Gasteiger partial charge < -0.3 is 14.0 Å². The molecule has 2 aliphatic rings. The number of halogens is 1. The van der Waals surface area contributed by atoms with Gasteiger partial charge >= 0.3 is 7.12 Å². The van der Waals surface area contributed by atoms with Crippen LogP contribution >= 0.6 is 15.9 Å². The van der Waals surface area contributed by atoms with Gasteiger partial charge in [-0.05, 0) is 17.7 Å². The van der Waals surface area contributed by atoms with Gasteiger partial charge in [0.05, 0.1) is 13.2 Å². The zero-order chi connectivity index (χ0) is 9.54. The van der Waals surface area contributed by atoms with Crippen molar-refractivity contribution in [3.05, 3.63) is 22.2 Å². The van der Waals surface area contributed by atoms with E-state index >= 15 is 0 Å². The predicted octanol–water partition coefficient (Wildman–Crippen LogP) is 1.08. The van der Waals surface area contributed by atoms with Gasteiger partial charge in [-0.25, -0.2) is 0 Å². The second-order valence-electron chi connectivity index (χ2n) is 3.30. The van der Waals surface area contributed by atoms with Gasteiger partial charge in [-0.3, -0.25) is 0 Å². The lowest BCUT2D eigenvalue weighted by Crippen LogP contribution is -2.31. The molecule has 14 heavy (non-hydrogen) atoms. The highest BCUT2D eigenvalue weighted by atomic mass is 79.9. The third kappa shape index (κ3) is 1.20. The zero-order valence-electron chi connectivity index (χ0n) is 7.46. The lowest BCUT2D eigenvalue weighted by Gasteiger charge is -2.07. The summed E-state index contributed by atoms with van der Waals surface area (Å²) in [5, 5.41) is 0. The summed E-state index contributed by atoms with van der Waals surface area (Å²) in [6.45, 7) is 1.77. The molecule has 0 fully saturated rings. The van der Waals surface area contributed by atoms with Crippen LogP contribution < -0.4 is 10.2 Å². The molecule has 2 aliphatic heterocycles. The first-order valence-electron chi connectivity index (χ1n) is 4.53. The highest BCUT2D eigenvalue weighted by Crippen LogP contribution is 2.27. The summed E-state index contributed by atoms with van der Waals surface area (Å²) in [4.78, 5) is 0. The fourth-order valence-electron chi connectivity index (χ4n) is 1.83. The Morgan fingerprint density at radius 2 is 2.14 bits per heavy atom. The van der Waals surface area contributed by atoms with Crippen molar-refractivity contribution >= 4 is 28.5 Å². The summed E-state index contributed by atoms with van der Waals surface area (Å²) in [6.07, 6.45) is 0. The average Bonchev–Trinajstić information content (AvgIpc) is 2.51. The molecular formula is C9H8BBrO3. The molecule has 0 atom stereocenters. The molecule has 3 nitrogen and oxygen atoms in total. The van der Waals surface area contributed by atoms with Crippen LogP contribution in [0.1, 0.15) is 5.56 Å². The van der Waals surface area contributed by atoms with E-state index in [-0.39, 0.29) is 7.12 Å². The maximum absolute atomic E-state index is 5.57. The Kier molecular flexibility index (Phi) is 2.04. The van der Waals surface area contributed by atoms with E-state index in [1.807, 2.05) is 12.1 Å². The standard InChI is InChI=1S/C9H8BBrO3/c11-7-1-2-8-9-6(7)5-14-10(9)13-4-3-12-8/h1-2H,3-5H2. The third-order valence-corrected chi connectivity index (χ3v) is 3.23. The van der Waals surface area contributed by atoms with Gasteiger partial charge in [-0.2, -0.15) is 0 Å². The number of rotatable bonds is 0. The Bertz CT molecular complexity index is 383. The van der Waals surface area contributed by atoms with E-state index in [2.05, 4.69) is 15.9 Å². The second-order valence-corrected chi connectivity index (χ2v) is 4.15.